The number of rotatable bonds is 9. The number of thiazole rings is 1. The van der Waals surface area contributed by atoms with Gasteiger partial charge in [-0.05, 0) is 22.9 Å². The van der Waals surface area contributed by atoms with Crippen molar-refractivity contribution in [2.24, 2.45) is 12.2 Å². The third-order valence-electron chi connectivity index (χ3n) is 5.02. The number of halogens is 1. The van der Waals surface area contributed by atoms with Crippen molar-refractivity contribution < 1.29 is 24.3 Å². The van der Waals surface area contributed by atoms with Gasteiger partial charge in [-0.15, -0.1) is 28.2 Å². The zero-order valence-electron chi connectivity index (χ0n) is 18.9. The first-order valence-electron chi connectivity index (χ1n) is 10.2. The molecule has 4 rings (SSSR count). The van der Waals surface area contributed by atoms with Gasteiger partial charge in [-0.1, -0.05) is 35.1 Å². The van der Waals surface area contributed by atoms with Crippen LogP contribution in [0.3, 0.4) is 0 Å². The number of ether oxygens (including phenoxy) is 1. The molecule has 0 aliphatic carbocycles. The van der Waals surface area contributed by atoms with Crippen molar-refractivity contribution >= 4 is 70.0 Å². The molecule has 4 heterocycles. The predicted octanol–water partition coefficient (Wildman–Crippen LogP) is 0.895. The molecule has 13 nitrogen and oxygen atoms in total. The van der Waals surface area contributed by atoms with Crippen LogP contribution in [0.25, 0.3) is 0 Å². The monoisotopic (exact) mass is 570 g/mol. The fourth-order valence-electron chi connectivity index (χ4n) is 3.38. The highest BCUT2D eigenvalue weighted by Crippen LogP contribution is 2.42. The van der Waals surface area contributed by atoms with Crippen LogP contribution in [-0.2, 0) is 26.2 Å². The summed E-state index contributed by atoms with van der Waals surface area (Å²) in [6.07, 6.45) is 0. The predicted molar refractivity (Wildman–Crippen MR) is 133 cm³/mol. The molecule has 1 fully saturated rings. The number of hydrogen-bond donors (Lipinski definition) is 2. The molecule has 2 aromatic heterocycles. The number of carbonyl (C=O) groups is 3. The van der Waals surface area contributed by atoms with Gasteiger partial charge in [-0.2, -0.15) is 0 Å². The Morgan fingerprint density at radius 1 is 1.47 bits per heavy atom. The van der Waals surface area contributed by atoms with Crippen molar-refractivity contribution in [2.75, 3.05) is 18.1 Å². The Morgan fingerprint density at radius 2 is 2.25 bits per heavy atom. The number of esters is 1. The van der Waals surface area contributed by atoms with Gasteiger partial charge in [0.05, 0.1) is 5.01 Å². The number of tetrazole rings is 1. The van der Waals surface area contributed by atoms with Gasteiger partial charge in [-0.25, -0.2) is 14.5 Å². The average molecular weight is 571 g/mol. The molecule has 2 amide bonds. The van der Waals surface area contributed by atoms with Crippen LogP contribution in [-0.4, -0.2) is 88.3 Å². The largest absolute Gasteiger partial charge is 0.455 e. The lowest BCUT2D eigenvalue weighted by Gasteiger charge is -2.49. The van der Waals surface area contributed by atoms with Crippen molar-refractivity contribution in [3.63, 3.8) is 0 Å². The molecular formula is C19H19ClN8O5S3. The van der Waals surface area contributed by atoms with Crippen molar-refractivity contribution in [2.45, 2.75) is 23.5 Å². The lowest BCUT2D eigenvalue weighted by molar-refractivity contribution is -0.152. The summed E-state index contributed by atoms with van der Waals surface area (Å²) < 4.78 is 6.72. The second-order valence-electron chi connectivity index (χ2n) is 7.48. The minimum atomic E-state index is -0.943. The van der Waals surface area contributed by atoms with E-state index >= 15 is 0 Å². The Bertz CT molecular complexity index is 1290. The zero-order chi connectivity index (χ0) is 26.0. The van der Waals surface area contributed by atoms with Crippen molar-refractivity contribution in [3.05, 3.63) is 39.0 Å². The molecule has 0 aromatic carbocycles. The Kier molecular flexibility index (Phi) is 7.97. The number of hydrogen-bond acceptors (Lipinski definition) is 13. The summed E-state index contributed by atoms with van der Waals surface area (Å²) in [5.74, 6) is -1.29. The quantitative estimate of drug-likeness (QED) is 0.110. The summed E-state index contributed by atoms with van der Waals surface area (Å²) in [5, 5.41) is 28.6. The van der Waals surface area contributed by atoms with Gasteiger partial charge >= 0.3 is 5.97 Å². The number of aromatic nitrogens is 5. The van der Waals surface area contributed by atoms with Crippen LogP contribution in [0.4, 0.5) is 0 Å². The molecule has 2 atom stereocenters. The number of carbonyl (C=O) groups excluding carboxylic acids is 3. The normalized spacial score (nSPS) is 19.6. The van der Waals surface area contributed by atoms with E-state index < -0.39 is 29.2 Å². The van der Waals surface area contributed by atoms with E-state index in [-0.39, 0.29) is 28.7 Å². The molecule has 0 bridgehead atoms. The molecule has 36 heavy (non-hydrogen) atoms. The highest BCUT2D eigenvalue weighted by atomic mass is 35.5. The molecule has 0 radical (unpaired) electrons. The molecule has 190 valence electrons. The topological polar surface area (TPSA) is 165 Å². The molecule has 17 heteroatoms. The van der Waals surface area contributed by atoms with Crippen LogP contribution in [0.15, 0.2) is 38.6 Å². The number of β-lactam (4-membered cyclic amide) rings is 1. The van der Waals surface area contributed by atoms with Crippen LogP contribution in [0.2, 0.25) is 0 Å². The second-order valence-corrected chi connectivity index (χ2v) is 11.1. The molecule has 1 saturated heterocycles. The minimum Gasteiger partial charge on any atom is -0.455 e. The number of oxime groups is 1. The first-order valence-corrected chi connectivity index (χ1v) is 13.5. The highest BCUT2D eigenvalue weighted by Gasteiger charge is 2.54. The Labute approximate surface area is 222 Å². The summed E-state index contributed by atoms with van der Waals surface area (Å²) in [5.41, 5.74) is 0.612. The Hall–Kier alpha value is -2.95. The average Bonchev–Trinajstić information content (AvgIpc) is 3.46. The number of fused-ring (bicyclic) bond motifs is 1. The molecule has 2 N–H and O–H groups in total. The van der Waals surface area contributed by atoms with Crippen LogP contribution in [0.5, 0.6) is 0 Å². The molecule has 1 unspecified atom stereocenters. The summed E-state index contributed by atoms with van der Waals surface area (Å²) in [4.78, 5) is 44.3. The lowest BCUT2D eigenvalue weighted by atomic mass is 10.0. The number of nitrogens with one attached hydrogen (secondary N) is 1. The highest BCUT2D eigenvalue weighted by molar-refractivity contribution is 8.01. The summed E-state index contributed by atoms with van der Waals surface area (Å²) in [6.45, 7) is 5.03. The summed E-state index contributed by atoms with van der Waals surface area (Å²) >= 11 is 9.70. The van der Waals surface area contributed by atoms with Crippen molar-refractivity contribution in [1.82, 2.24) is 35.4 Å². The molecule has 2 aliphatic rings. The fourth-order valence-corrected chi connectivity index (χ4v) is 6.37. The SMILES string of the molecule is C=C(Cl)COC(=O)C1=C(CSc2nnnn2C)CS[C@H]2C(NC(=O)C(=NO)c3csc(C)n3)C(=O)N12. The van der Waals surface area contributed by atoms with E-state index in [0.717, 1.165) is 0 Å². The van der Waals surface area contributed by atoms with Crippen LogP contribution in [0.1, 0.15) is 10.7 Å². The van der Waals surface area contributed by atoms with Gasteiger partial charge in [-0.3, -0.25) is 14.5 Å². The smallest absolute Gasteiger partial charge is 0.355 e. The van der Waals surface area contributed by atoms with E-state index in [1.54, 1.807) is 19.4 Å². The lowest BCUT2D eigenvalue weighted by Crippen LogP contribution is -2.71. The van der Waals surface area contributed by atoms with Gasteiger partial charge in [0.25, 0.3) is 11.8 Å². The van der Waals surface area contributed by atoms with Gasteiger partial charge in [0.15, 0.2) is 5.71 Å². The first-order chi connectivity index (χ1) is 17.2. The third-order valence-corrected chi connectivity index (χ3v) is 8.34. The maximum Gasteiger partial charge on any atom is 0.355 e. The van der Waals surface area contributed by atoms with Crippen LogP contribution >= 0.6 is 46.5 Å². The molecule has 0 saturated carbocycles. The van der Waals surface area contributed by atoms with Crippen molar-refractivity contribution in [1.29, 1.82) is 0 Å². The number of amides is 2. The van der Waals surface area contributed by atoms with E-state index in [1.807, 2.05) is 0 Å². The van der Waals surface area contributed by atoms with Gasteiger partial charge in [0.1, 0.15) is 29.4 Å². The molecule has 0 spiro atoms. The van der Waals surface area contributed by atoms with E-state index in [4.69, 9.17) is 16.3 Å². The first kappa shape index (κ1) is 26.1. The number of nitrogens with zero attached hydrogens (tertiary/aromatic N) is 7. The van der Waals surface area contributed by atoms with E-state index in [0.29, 0.717) is 27.2 Å². The van der Waals surface area contributed by atoms with Crippen molar-refractivity contribution in [3.8, 4) is 0 Å². The zero-order valence-corrected chi connectivity index (χ0v) is 22.1. The second kappa shape index (κ2) is 11.0. The standard InChI is InChI=1S/C19H19ClN8O5S3/c1-8(20)4-33-18(31)14-10(6-36-19-23-25-26-27(19)3)5-35-17-13(16(30)28(14)17)22-15(29)12(24-32)11-7-34-9(2)21-11/h7,13,17,32H,1,4-6H2,2-3H3,(H,22,29)/t13?,17-/m0/s1. The van der Waals surface area contributed by atoms with Gasteiger partial charge in [0.2, 0.25) is 5.16 Å². The third kappa shape index (κ3) is 5.25. The Balaban J connectivity index is 1.53. The van der Waals surface area contributed by atoms with Crippen LogP contribution < -0.4 is 5.32 Å². The van der Waals surface area contributed by atoms with Gasteiger partial charge < -0.3 is 15.3 Å². The maximum atomic E-state index is 13.1. The minimum absolute atomic E-state index is 0.0842. The number of aryl methyl sites for hydroxylation is 2. The van der Waals surface area contributed by atoms with E-state index in [2.05, 4.69) is 37.6 Å². The molecular weight excluding hydrogens is 552 g/mol. The summed E-state index contributed by atoms with van der Waals surface area (Å²) in [7, 11) is 1.69. The summed E-state index contributed by atoms with van der Waals surface area (Å²) in [6, 6.07) is -0.943. The van der Waals surface area contributed by atoms with E-state index in [1.165, 1.54) is 44.4 Å². The van der Waals surface area contributed by atoms with Crippen LogP contribution in [0, 0.1) is 6.92 Å². The maximum absolute atomic E-state index is 13.1. The van der Waals surface area contributed by atoms with E-state index in [9.17, 15) is 19.6 Å². The Morgan fingerprint density at radius 3 is 2.86 bits per heavy atom. The molecule has 2 aromatic rings. The number of thioether (sulfide) groups is 2. The fraction of sp³-hybridized carbons (Fsp3) is 0.368. The van der Waals surface area contributed by atoms with Gasteiger partial charge in [0, 0.05) is 29.0 Å². The molecule has 2 aliphatic heterocycles.